The number of carbonyl (C=O) groups is 1. The van der Waals surface area contributed by atoms with E-state index in [9.17, 15) is 9.59 Å². The summed E-state index contributed by atoms with van der Waals surface area (Å²) in [6, 6.07) is 14.4. The van der Waals surface area contributed by atoms with Gasteiger partial charge in [0.1, 0.15) is 5.75 Å². The molecule has 0 unspecified atom stereocenters. The van der Waals surface area contributed by atoms with E-state index in [-0.39, 0.29) is 35.0 Å². The van der Waals surface area contributed by atoms with E-state index in [1.54, 1.807) is 51.3 Å². The Kier molecular flexibility index (Phi) is 10.1. The van der Waals surface area contributed by atoms with Crippen molar-refractivity contribution in [3.63, 3.8) is 0 Å². The molecule has 0 aliphatic carbocycles. The molecule has 0 fully saturated rings. The number of ether oxygens (including phenoxy) is 4. The molecule has 0 aliphatic heterocycles. The number of benzene rings is 3. The van der Waals surface area contributed by atoms with Crippen LogP contribution in [-0.4, -0.2) is 48.3 Å². The van der Waals surface area contributed by atoms with Crippen molar-refractivity contribution in [3.05, 3.63) is 80.6 Å². The van der Waals surface area contributed by atoms with Crippen LogP contribution in [0.1, 0.15) is 57.2 Å². The van der Waals surface area contributed by atoms with Gasteiger partial charge in [-0.2, -0.15) is 9.78 Å². The molecule has 3 aromatic carbocycles. The van der Waals surface area contributed by atoms with Gasteiger partial charge in [0.05, 0.1) is 42.0 Å². The van der Waals surface area contributed by atoms with Crippen molar-refractivity contribution in [2.24, 2.45) is 5.10 Å². The number of rotatable bonds is 11. The zero-order chi connectivity index (χ0) is 31.3. The SMILES string of the molecule is CCOc1cc(C=Nn2c(-c3cc(C(C)C)c(OC)cc3C)nc3ccccc3c2=O)cc(Cl)c1OCC(=O)OC(C)C. The molecule has 1 heterocycles. The maximum atomic E-state index is 13.8. The quantitative estimate of drug-likeness (QED) is 0.137. The van der Waals surface area contributed by atoms with Gasteiger partial charge in [-0.3, -0.25) is 4.79 Å². The molecule has 0 atom stereocenters. The summed E-state index contributed by atoms with van der Waals surface area (Å²) in [7, 11) is 1.64. The second-order valence-electron chi connectivity index (χ2n) is 10.5. The average molecular weight is 606 g/mol. The van der Waals surface area contributed by atoms with Crippen molar-refractivity contribution in [1.29, 1.82) is 0 Å². The molecule has 0 spiro atoms. The number of para-hydroxylation sites is 1. The molecule has 9 nitrogen and oxygen atoms in total. The third-order valence-electron chi connectivity index (χ3n) is 6.55. The van der Waals surface area contributed by atoms with Crippen molar-refractivity contribution in [2.75, 3.05) is 20.3 Å². The van der Waals surface area contributed by atoms with Crippen LogP contribution in [0.15, 0.2) is 58.4 Å². The van der Waals surface area contributed by atoms with E-state index in [1.807, 2.05) is 32.0 Å². The summed E-state index contributed by atoms with van der Waals surface area (Å²) in [5, 5.41) is 5.24. The van der Waals surface area contributed by atoms with E-state index in [2.05, 4.69) is 18.9 Å². The largest absolute Gasteiger partial charge is 0.496 e. The maximum Gasteiger partial charge on any atom is 0.344 e. The van der Waals surface area contributed by atoms with Gasteiger partial charge in [-0.25, -0.2) is 9.78 Å². The van der Waals surface area contributed by atoms with Gasteiger partial charge in [-0.05, 0) is 86.7 Å². The van der Waals surface area contributed by atoms with Gasteiger partial charge >= 0.3 is 5.97 Å². The van der Waals surface area contributed by atoms with Crippen LogP contribution in [0.2, 0.25) is 5.02 Å². The number of halogens is 1. The zero-order valence-electron chi connectivity index (χ0n) is 25.4. The van der Waals surface area contributed by atoms with Crippen LogP contribution < -0.4 is 19.8 Å². The summed E-state index contributed by atoms with van der Waals surface area (Å²) in [4.78, 5) is 30.7. The lowest BCUT2D eigenvalue weighted by molar-refractivity contribution is -0.149. The van der Waals surface area contributed by atoms with Gasteiger partial charge in [-0.1, -0.05) is 37.6 Å². The fraction of sp³-hybridized carbons (Fsp3) is 0.333. The first-order chi connectivity index (χ1) is 20.5. The highest BCUT2D eigenvalue weighted by molar-refractivity contribution is 6.32. The molecule has 0 radical (unpaired) electrons. The number of methoxy groups -OCH3 is 1. The molecule has 0 aliphatic rings. The predicted molar refractivity (Wildman–Crippen MR) is 169 cm³/mol. The van der Waals surface area contributed by atoms with Crippen molar-refractivity contribution >= 4 is 34.7 Å². The Labute approximate surface area is 256 Å². The highest BCUT2D eigenvalue weighted by Gasteiger charge is 2.19. The summed E-state index contributed by atoms with van der Waals surface area (Å²) in [5.41, 5.74) is 3.42. The Bertz CT molecular complexity index is 1730. The molecule has 4 aromatic rings. The first kappa shape index (κ1) is 31.6. The Morgan fingerprint density at radius 2 is 1.81 bits per heavy atom. The second kappa shape index (κ2) is 13.7. The normalized spacial score (nSPS) is 11.5. The summed E-state index contributed by atoms with van der Waals surface area (Å²) < 4.78 is 23.5. The number of nitrogens with zero attached hydrogens (tertiary/aromatic N) is 3. The molecule has 4 rings (SSSR count). The van der Waals surface area contributed by atoms with Gasteiger partial charge in [0.15, 0.2) is 23.9 Å². The highest BCUT2D eigenvalue weighted by Crippen LogP contribution is 2.37. The van der Waals surface area contributed by atoms with Crippen molar-refractivity contribution in [1.82, 2.24) is 9.66 Å². The minimum absolute atomic E-state index is 0.172. The van der Waals surface area contributed by atoms with Crippen LogP contribution >= 0.6 is 11.6 Å². The molecule has 0 saturated carbocycles. The minimum atomic E-state index is -0.524. The van der Waals surface area contributed by atoms with E-state index in [0.717, 1.165) is 22.4 Å². The Morgan fingerprint density at radius 3 is 2.49 bits per heavy atom. The number of carbonyl (C=O) groups excluding carboxylic acids is 1. The molecule has 226 valence electrons. The molecular formula is C33H36ClN3O6. The van der Waals surface area contributed by atoms with Crippen LogP contribution in [0.3, 0.4) is 0 Å². The maximum absolute atomic E-state index is 13.8. The van der Waals surface area contributed by atoms with E-state index in [0.29, 0.717) is 34.6 Å². The first-order valence-corrected chi connectivity index (χ1v) is 14.4. The summed E-state index contributed by atoms with van der Waals surface area (Å²) in [6.45, 7) is 11.4. The minimum Gasteiger partial charge on any atom is -0.496 e. The number of fused-ring (bicyclic) bond motifs is 1. The van der Waals surface area contributed by atoms with Gasteiger partial charge in [0.25, 0.3) is 5.56 Å². The van der Waals surface area contributed by atoms with E-state index < -0.39 is 5.97 Å². The number of hydrogen-bond acceptors (Lipinski definition) is 8. The lowest BCUT2D eigenvalue weighted by atomic mass is 9.96. The van der Waals surface area contributed by atoms with Gasteiger partial charge in [0, 0.05) is 5.56 Å². The van der Waals surface area contributed by atoms with Crippen molar-refractivity contribution in [3.8, 4) is 28.6 Å². The van der Waals surface area contributed by atoms with E-state index in [1.165, 1.54) is 10.9 Å². The van der Waals surface area contributed by atoms with E-state index in [4.69, 9.17) is 35.5 Å². The lowest BCUT2D eigenvalue weighted by Crippen LogP contribution is -2.21. The number of aromatic nitrogens is 2. The van der Waals surface area contributed by atoms with Crippen LogP contribution in [0.25, 0.3) is 22.3 Å². The number of esters is 1. The molecule has 0 amide bonds. The Balaban J connectivity index is 1.83. The second-order valence-corrected chi connectivity index (χ2v) is 10.9. The van der Waals surface area contributed by atoms with Crippen LogP contribution in [-0.2, 0) is 9.53 Å². The molecule has 0 saturated heterocycles. The van der Waals surface area contributed by atoms with Gasteiger partial charge in [0.2, 0.25) is 0 Å². The Morgan fingerprint density at radius 1 is 1.07 bits per heavy atom. The fourth-order valence-corrected chi connectivity index (χ4v) is 4.86. The number of aryl methyl sites for hydroxylation is 1. The van der Waals surface area contributed by atoms with Gasteiger partial charge in [-0.15, -0.1) is 0 Å². The molecule has 0 bridgehead atoms. The highest BCUT2D eigenvalue weighted by atomic mass is 35.5. The number of hydrogen-bond donors (Lipinski definition) is 0. The van der Waals surface area contributed by atoms with Gasteiger partial charge < -0.3 is 18.9 Å². The molecule has 10 heteroatoms. The van der Waals surface area contributed by atoms with Crippen LogP contribution in [0, 0.1) is 6.92 Å². The predicted octanol–water partition coefficient (Wildman–Crippen LogP) is 6.77. The molecule has 0 N–H and O–H groups in total. The standard InChI is InChI=1S/C33H36ClN3O6/c1-8-41-29-15-22(14-26(34)31(29)42-18-30(38)43-20(4)5)17-35-37-32(36-27-12-10-9-11-23(27)33(37)39)25-16-24(19(2)3)28(40-7)13-21(25)6/h9-17,19-20H,8,18H2,1-7H3. The van der Waals surface area contributed by atoms with Crippen molar-refractivity contribution in [2.45, 2.75) is 53.6 Å². The monoisotopic (exact) mass is 605 g/mol. The smallest absolute Gasteiger partial charge is 0.344 e. The van der Waals surface area contributed by atoms with Crippen molar-refractivity contribution < 1.29 is 23.7 Å². The van der Waals surface area contributed by atoms with Crippen LogP contribution in [0.4, 0.5) is 0 Å². The lowest BCUT2D eigenvalue weighted by Gasteiger charge is -2.17. The molecular weight excluding hydrogens is 570 g/mol. The third-order valence-corrected chi connectivity index (χ3v) is 6.83. The van der Waals surface area contributed by atoms with E-state index >= 15 is 0 Å². The fourth-order valence-electron chi connectivity index (χ4n) is 4.59. The first-order valence-electron chi connectivity index (χ1n) is 14.1. The summed E-state index contributed by atoms with van der Waals surface area (Å²) in [5.74, 6) is 1.34. The third kappa shape index (κ3) is 7.17. The summed E-state index contributed by atoms with van der Waals surface area (Å²) >= 11 is 6.56. The van der Waals surface area contributed by atoms with Crippen LogP contribution in [0.5, 0.6) is 17.2 Å². The molecule has 1 aromatic heterocycles. The Hall–Kier alpha value is -4.37. The summed E-state index contributed by atoms with van der Waals surface area (Å²) in [6.07, 6.45) is 1.24. The molecule has 43 heavy (non-hydrogen) atoms. The topological polar surface area (TPSA) is 101 Å². The zero-order valence-corrected chi connectivity index (χ0v) is 26.2. The average Bonchev–Trinajstić information content (AvgIpc) is 2.95.